The quantitative estimate of drug-likeness (QED) is 0.764. The number of Topliss-reactive ketones (excluding diaryl/α,β-unsaturated/α-hetero) is 1. The minimum Gasteiger partial charge on any atom is -0.481 e. The predicted octanol–water partition coefficient (Wildman–Crippen LogP) is 2.23. The van der Waals surface area contributed by atoms with E-state index in [4.69, 9.17) is 9.47 Å². The van der Waals surface area contributed by atoms with Crippen molar-refractivity contribution in [2.24, 2.45) is 17.8 Å². The summed E-state index contributed by atoms with van der Waals surface area (Å²) in [6.07, 6.45) is 1.87. The van der Waals surface area contributed by atoms with Gasteiger partial charge in [0.05, 0.1) is 25.5 Å². The van der Waals surface area contributed by atoms with Gasteiger partial charge < -0.3 is 9.47 Å². The third-order valence-electron chi connectivity index (χ3n) is 5.86. The Bertz CT molecular complexity index is 801. The van der Waals surface area contributed by atoms with E-state index in [0.29, 0.717) is 24.4 Å². The molecule has 1 heterocycles. The number of rotatable bonds is 3. The first-order chi connectivity index (χ1) is 12.4. The van der Waals surface area contributed by atoms with Crippen LogP contribution in [0, 0.1) is 29.1 Å². The third kappa shape index (κ3) is 2.64. The fourth-order valence-electron chi connectivity index (χ4n) is 4.61. The van der Waals surface area contributed by atoms with Crippen LogP contribution in [0.5, 0.6) is 5.88 Å². The van der Waals surface area contributed by atoms with E-state index in [-0.39, 0.29) is 30.1 Å². The lowest BCUT2D eigenvalue weighted by molar-refractivity contribution is -0.132. The Kier molecular flexibility index (Phi) is 4.70. The summed E-state index contributed by atoms with van der Waals surface area (Å²) in [6, 6.07) is 2.14. The second-order valence-corrected chi connectivity index (χ2v) is 7.24. The topological polar surface area (TPSA) is 102 Å². The van der Waals surface area contributed by atoms with Gasteiger partial charge in [0.1, 0.15) is 5.92 Å². The maximum Gasteiger partial charge on any atom is 0.376 e. The zero-order valence-corrected chi connectivity index (χ0v) is 15.5. The highest BCUT2D eigenvalue weighted by Gasteiger charge is 2.53. The average molecular weight is 357 g/mol. The molecule has 2 aliphatic rings. The van der Waals surface area contributed by atoms with Crippen molar-refractivity contribution in [1.29, 1.82) is 5.26 Å². The SMILES string of the molecule is CCOC(=O)c1nc(OC)c2c(n1)[C@@]1(C)CC(C#N)C(=O)[C@@H](C)[C@@H]1CC2. The Balaban J connectivity index is 2.16. The van der Waals surface area contributed by atoms with Crippen molar-refractivity contribution in [3.63, 3.8) is 0 Å². The van der Waals surface area contributed by atoms with Gasteiger partial charge in [-0.1, -0.05) is 13.8 Å². The number of ketones is 1. The van der Waals surface area contributed by atoms with E-state index in [1.54, 1.807) is 6.92 Å². The van der Waals surface area contributed by atoms with Crippen LogP contribution in [-0.2, 0) is 21.4 Å². The monoisotopic (exact) mass is 357 g/mol. The number of hydrogen-bond donors (Lipinski definition) is 0. The number of hydrogen-bond acceptors (Lipinski definition) is 7. The number of ether oxygens (including phenoxy) is 2. The minimum absolute atomic E-state index is 0.00469. The summed E-state index contributed by atoms with van der Waals surface area (Å²) >= 11 is 0. The van der Waals surface area contributed by atoms with Gasteiger partial charge in [0, 0.05) is 16.9 Å². The third-order valence-corrected chi connectivity index (χ3v) is 5.86. The zero-order chi connectivity index (χ0) is 19.1. The highest BCUT2D eigenvalue weighted by molar-refractivity contribution is 5.87. The standard InChI is InChI=1S/C19H23N3O4/c1-5-26-18(24)16-21-15-12(17(22-16)25-4)6-7-13-10(2)14(23)11(9-20)8-19(13,15)3/h10-11,13H,5-8H2,1-4H3/t10-,11?,13-,19-/m0/s1. The van der Waals surface area contributed by atoms with Crippen molar-refractivity contribution in [2.75, 3.05) is 13.7 Å². The fourth-order valence-corrected chi connectivity index (χ4v) is 4.61. The summed E-state index contributed by atoms with van der Waals surface area (Å²) in [7, 11) is 1.51. The van der Waals surface area contributed by atoms with Crippen molar-refractivity contribution in [2.45, 2.75) is 45.4 Å². The first-order valence-electron chi connectivity index (χ1n) is 8.93. The Morgan fingerprint density at radius 2 is 2.15 bits per heavy atom. The summed E-state index contributed by atoms with van der Waals surface area (Å²) in [5.74, 6) is -1.08. The van der Waals surface area contributed by atoms with Crippen LogP contribution < -0.4 is 4.74 Å². The maximum absolute atomic E-state index is 12.5. The molecule has 1 saturated carbocycles. The largest absolute Gasteiger partial charge is 0.481 e. The molecule has 138 valence electrons. The first-order valence-corrected chi connectivity index (χ1v) is 8.93. The molecule has 0 amide bonds. The fraction of sp³-hybridized carbons (Fsp3) is 0.632. The lowest BCUT2D eigenvalue weighted by atomic mass is 9.54. The average Bonchev–Trinajstić information content (AvgIpc) is 2.64. The van der Waals surface area contributed by atoms with Crippen LogP contribution in [-0.4, -0.2) is 35.4 Å². The Hall–Kier alpha value is -2.49. The van der Waals surface area contributed by atoms with Crippen molar-refractivity contribution < 1.29 is 19.1 Å². The van der Waals surface area contributed by atoms with Crippen LogP contribution in [0.1, 0.15) is 55.5 Å². The van der Waals surface area contributed by atoms with Crippen LogP contribution in [0.25, 0.3) is 0 Å². The highest BCUT2D eigenvalue weighted by Crippen LogP contribution is 2.52. The number of carbonyl (C=O) groups excluding carboxylic acids is 2. The molecular weight excluding hydrogens is 334 g/mol. The summed E-state index contributed by atoms with van der Waals surface area (Å²) in [6.45, 7) is 5.87. The molecule has 3 rings (SSSR count). The van der Waals surface area contributed by atoms with Gasteiger partial charge >= 0.3 is 5.97 Å². The van der Waals surface area contributed by atoms with Crippen LogP contribution >= 0.6 is 0 Å². The van der Waals surface area contributed by atoms with E-state index in [0.717, 1.165) is 12.0 Å². The molecule has 1 aromatic heterocycles. The molecule has 7 heteroatoms. The van der Waals surface area contributed by atoms with E-state index in [1.165, 1.54) is 7.11 Å². The smallest absolute Gasteiger partial charge is 0.376 e. The number of carbonyl (C=O) groups is 2. The van der Waals surface area contributed by atoms with Gasteiger partial charge in [-0.15, -0.1) is 0 Å². The second-order valence-electron chi connectivity index (χ2n) is 7.24. The molecule has 0 radical (unpaired) electrons. The van der Waals surface area contributed by atoms with Gasteiger partial charge in [0.2, 0.25) is 11.7 Å². The van der Waals surface area contributed by atoms with Crippen molar-refractivity contribution >= 4 is 11.8 Å². The van der Waals surface area contributed by atoms with Crippen LogP contribution in [0.15, 0.2) is 0 Å². The summed E-state index contributed by atoms with van der Waals surface area (Å²) < 4.78 is 10.5. The minimum atomic E-state index is -0.663. The summed E-state index contributed by atoms with van der Waals surface area (Å²) in [4.78, 5) is 33.4. The number of fused-ring (bicyclic) bond motifs is 3. The summed E-state index contributed by atoms with van der Waals surface area (Å²) in [5.41, 5.74) is 1.08. The lowest BCUT2D eigenvalue weighted by Crippen LogP contribution is -2.51. The molecule has 0 aromatic carbocycles. The molecule has 4 atom stereocenters. The van der Waals surface area contributed by atoms with Gasteiger partial charge in [0.25, 0.3) is 0 Å². The van der Waals surface area contributed by atoms with Gasteiger partial charge in [-0.3, -0.25) is 4.79 Å². The van der Waals surface area contributed by atoms with E-state index < -0.39 is 17.3 Å². The molecule has 1 fully saturated rings. The van der Waals surface area contributed by atoms with Crippen LogP contribution in [0.4, 0.5) is 0 Å². The molecule has 0 N–H and O–H groups in total. The molecule has 1 unspecified atom stereocenters. The Morgan fingerprint density at radius 1 is 1.42 bits per heavy atom. The highest BCUT2D eigenvalue weighted by atomic mass is 16.5. The Morgan fingerprint density at radius 3 is 2.77 bits per heavy atom. The molecule has 0 spiro atoms. The van der Waals surface area contributed by atoms with E-state index in [9.17, 15) is 14.9 Å². The number of esters is 1. The second kappa shape index (κ2) is 6.67. The maximum atomic E-state index is 12.5. The van der Waals surface area contributed by atoms with Gasteiger partial charge in [-0.05, 0) is 32.1 Å². The van der Waals surface area contributed by atoms with E-state index >= 15 is 0 Å². The number of methoxy groups -OCH3 is 1. The summed E-state index contributed by atoms with van der Waals surface area (Å²) in [5, 5.41) is 9.44. The van der Waals surface area contributed by atoms with Crippen molar-refractivity contribution in [3.8, 4) is 11.9 Å². The first kappa shape index (κ1) is 18.3. The van der Waals surface area contributed by atoms with E-state index in [1.807, 2.05) is 13.8 Å². The lowest BCUT2D eigenvalue weighted by Gasteiger charge is -2.49. The molecule has 0 bridgehead atoms. The molecule has 0 aliphatic heterocycles. The molecule has 0 saturated heterocycles. The zero-order valence-electron chi connectivity index (χ0n) is 15.5. The van der Waals surface area contributed by atoms with E-state index in [2.05, 4.69) is 16.0 Å². The number of aromatic nitrogens is 2. The normalized spacial score (nSPS) is 30.0. The molecular formula is C19H23N3O4. The van der Waals surface area contributed by atoms with Crippen LogP contribution in [0.3, 0.4) is 0 Å². The Labute approximate surface area is 152 Å². The molecule has 26 heavy (non-hydrogen) atoms. The van der Waals surface area contributed by atoms with Gasteiger partial charge in [-0.25, -0.2) is 9.78 Å². The van der Waals surface area contributed by atoms with Crippen molar-refractivity contribution in [3.05, 3.63) is 17.1 Å². The van der Waals surface area contributed by atoms with Crippen molar-refractivity contribution in [1.82, 2.24) is 9.97 Å². The van der Waals surface area contributed by atoms with Crippen LogP contribution in [0.2, 0.25) is 0 Å². The molecule has 7 nitrogen and oxygen atoms in total. The number of nitrogens with zero attached hydrogens (tertiary/aromatic N) is 3. The van der Waals surface area contributed by atoms with Gasteiger partial charge in [-0.2, -0.15) is 10.2 Å². The van der Waals surface area contributed by atoms with Gasteiger partial charge in [0.15, 0.2) is 5.78 Å². The molecule has 1 aromatic rings. The predicted molar refractivity (Wildman–Crippen MR) is 91.6 cm³/mol. The molecule has 2 aliphatic carbocycles. The number of nitriles is 1.